The van der Waals surface area contributed by atoms with Gasteiger partial charge >= 0.3 is 5.97 Å². The number of carboxylic acids is 1. The Bertz CT molecular complexity index is 544. The van der Waals surface area contributed by atoms with E-state index in [1.54, 1.807) is 11.3 Å². The van der Waals surface area contributed by atoms with Gasteiger partial charge in [0.15, 0.2) is 0 Å². The molecule has 1 aromatic rings. The average molecular weight is 306 g/mol. The summed E-state index contributed by atoms with van der Waals surface area (Å²) in [6.07, 6.45) is 5.91. The van der Waals surface area contributed by atoms with E-state index in [0.717, 1.165) is 37.9 Å². The molecule has 4 heterocycles. The Morgan fingerprint density at radius 3 is 3.00 bits per heavy atom. The van der Waals surface area contributed by atoms with Crippen molar-refractivity contribution in [2.75, 3.05) is 19.6 Å². The quantitative estimate of drug-likeness (QED) is 0.911. The third kappa shape index (κ3) is 2.31. The molecular formula is C16H22N2O2S. The van der Waals surface area contributed by atoms with Gasteiger partial charge in [-0.3, -0.25) is 9.69 Å². The first-order valence-electron chi connectivity index (χ1n) is 8.03. The SMILES string of the molecule is O=C(O)C1c2ccsc2CCN1C1CCN2CCCC2C1. The standard InChI is InChI=1S/C16H22N2O2S/c19-16(20)15-13-5-9-21-14(13)4-8-18(15)12-3-7-17-6-1-2-11(17)10-12/h5,9,11-12,15H,1-4,6-8,10H2,(H,19,20). The molecule has 0 saturated carbocycles. The zero-order chi connectivity index (χ0) is 14.4. The summed E-state index contributed by atoms with van der Waals surface area (Å²) in [7, 11) is 0. The summed E-state index contributed by atoms with van der Waals surface area (Å²) in [4.78, 5) is 18.0. The molecular weight excluding hydrogens is 284 g/mol. The van der Waals surface area contributed by atoms with Crippen molar-refractivity contribution < 1.29 is 9.90 Å². The molecule has 5 heteroatoms. The minimum Gasteiger partial charge on any atom is -0.480 e. The van der Waals surface area contributed by atoms with Crippen LogP contribution >= 0.6 is 11.3 Å². The molecule has 2 saturated heterocycles. The van der Waals surface area contributed by atoms with Crippen molar-refractivity contribution in [3.8, 4) is 0 Å². The highest BCUT2D eigenvalue weighted by Crippen LogP contribution is 2.38. The molecule has 0 aromatic carbocycles. The minimum absolute atomic E-state index is 0.419. The molecule has 0 bridgehead atoms. The maximum atomic E-state index is 11.8. The fourth-order valence-corrected chi connectivity index (χ4v) is 5.41. The van der Waals surface area contributed by atoms with Crippen LogP contribution in [0.2, 0.25) is 0 Å². The van der Waals surface area contributed by atoms with Crippen molar-refractivity contribution in [1.82, 2.24) is 9.80 Å². The number of fused-ring (bicyclic) bond motifs is 2. The van der Waals surface area contributed by atoms with Crippen molar-refractivity contribution in [1.29, 1.82) is 0 Å². The van der Waals surface area contributed by atoms with Crippen LogP contribution in [0.3, 0.4) is 0 Å². The van der Waals surface area contributed by atoms with E-state index in [-0.39, 0.29) is 0 Å². The number of hydrogen-bond donors (Lipinski definition) is 1. The average Bonchev–Trinajstić information content (AvgIpc) is 3.13. The number of thiophene rings is 1. The molecule has 0 spiro atoms. The van der Waals surface area contributed by atoms with E-state index < -0.39 is 12.0 Å². The van der Waals surface area contributed by atoms with E-state index in [9.17, 15) is 9.90 Å². The van der Waals surface area contributed by atoms with Crippen molar-refractivity contribution in [3.05, 3.63) is 21.9 Å². The Hall–Kier alpha value is -0.910. The second-order valence-corrected chi connectivity index (χ2v) is 7.54. The summed E-state index contributed by atoms with van der Waals surface area (Å²) in [5.74, 6) is -0.678. The van der Waals surface area contributed by atoms with Gasteiger partial charge in [-0.15, -0.1) is 11.3 Å². The number of rotatable bonds is 2. The molecule has 114 valence electrons. The molecule has 4 nitrogen and oxygen atoms in total. The normalized spacial score (nSPS) is 33.6. The van der Waals surface area contributed by atoms with Gasteiger partial charge < -0.3 is 10.0 Å². The highest BCUT2D eigenvalue weighted by Gasteiger charge is 2.41. The molecule has 4 rings (SSSR count). The number of piperidine rings is 1. The van der Waals surface area contributed by atoms with Crippen LogP contribution < -0.4 is 0 Å². The summed E-state index contributed by atoms with van der Waals surface area (Å²) < 4.78 is 0. The topological polar surface area (TPSA) is 43.8 Å². The zero-order valence-electron chi connectivity index (χ0n) is 12.2. The van der Waals surface area contributed by atoms with Crippen LogP contribution in [0, 0.1) is 0 Å². The third-order valence-electron chi connectivity index (χ3n) is 5.50. The highest BCUT2D eigenvalue weighted by atomic mass is 32.1. The van der Waals surface area contributed by atoms with Crippen LogP contribution in [-0.4, -0.2) is 52.6 Å². The van der Waals surface area contributed by atoms with Crippen LogP contribution in [0.4, 0.5) is 0 Å². The lowest BCUT2D eigenvalue weighted by molar-refractivity contribution is -0.145. The molecule has 0 radical (unpaired) electrons. The van der Waals surface area contributed by atoms with Crippen molar-refractivity contribution in [2.45, 2.75) is 50.2 Å². The van der Waals surface area contributed by atoms with Gasteiger partial charge in [-0.05, 0) is 62.2 Å². The number of carbonyl (C=O) groups is 1. The Labute approximate surface area is 129 Å². The van der Waals surface area contributed by atoms with Crippen LogP contribution in [-0.2, 0) is 11.2 Å². The number of nitrogens with zero attached hydrogens (tertiary/aromatic N) is 2. The first-order chi connectivity index (χ1) is 10.2. The molecule has 0 amide bonds. The molecule has 1 aromatic heterocycles. The minimum atomic E-state index is -0.678. The summed E-state index contributed by atoms with van der Waals surface area (Å²) in [5, 5.41) is 11.8. The second-order valence-electron chi connectivity index (χ2n) is 6.54. The van der Waals surface area contributed by atoms with E-state index in [1.165, 1.54) is 24.3 Å². The molecule has 21 heavy (non-hydrogen) atoms. The number of aliphatic carboxylic acids is 1. The van der Waals surface area contributed by atoms with Crippen molar-refractivity contribution in [3.63, 3.8) is 0 Å². The van der Waals surface area contributed by atoms with Gasteiger partial charge in [0.1, 0.15) is 6.04 Å². The van der Waals surface area contributed by atoms with Crippen molar-refractivity contribution >= 4 is 17.3 Å². The first-order valence-corrected chi connectivity index (χ1v) is 8.91. The Balaban J connectivity index is 1.58. The van der Waals surface area contributed by atoms with E-state index >= 15 is 0 Å². The molecule has 3 aliphatic rings. The maximum absolute atomic E-state index is 11.8. The van der Waals surface area contributed by atoms with Crippen LogP contribution in [0.5, 0.6) is 0 Å². The molecule has 3 aliphatic heterocycles. The van der Waals surface area contributed by atoms with Crippen LogP contribution in [0.25, 0.3) is 0 Å². The van der Waals surface area contributed by atoms with E-state index in [0.29, 0.717) is 12.1 Å². The Morgan fingerprint density at radius 1 is 1.24 bits per heavy atom. The Kier molecular flexibility index (Phi) is 3.52. The second kappa shape index (κ2) is 5.38. The molecule has 2 fully saturated rings. The summed E-state index contributed by atoms with van der Waals surface area (Å²) >= 11 is 1.71. The van der Waals surface area contributed by atoms with Crippen LogP contribution in [0.15, 0.2) is 11.4 Å². The number of hydrogen-bond acceptors (Lipinski definition) is 4. The Morgan fingerprint density at radius 2 is 2.14 bits per heavy atom. The van der Waals surface area contributed by atoms with Crippen molar-refractivity contribution in [2.24, 2.45) is 0 Å². The van der Waals surface area contributed by atoms with Crippen LogP contribution in [0.1, 0.15) is 42.2 Å². The van der Waals surface area contributed by atoms with E-state index in [2.05, 4.69) is 9.80 Å². The smallest absolute Gasteiger partial charge is 0.325 e. The molecule has 3 atom stereocenters. The largest absolute Gasteiger partial charge is 0.480 e. The zero-order valence-corrected chi connectivity index (χ0v) is 13.0. The lowest BCUT2D eigenvalue weighted by Crippen LogP contribution is -2.51. The highest BCUT2D eigenvalue weighted by molar-refractivity contribution is 7.10. The van der Waals surface area contributed by atoms with Gasteiger partial charge in [-0.1, -0.05) is 0 Å². The fraction of sp³-hybridized carbons (Fsp3) is 0.688. The lowest BCUT2D eigenvalue weighted by Gasteiger charge is -2.44. The van der Waals surface area contributed by atoms with E-state index in [1.807, 2.05) is 11.4 Å². The van der Waals surface area contributed by atoms with Gasteiger partial charge in [-0.25, -0.2) is 0 Å². The van der Waals surface area contributed by atoms with Gasteiger partial charge in [0.25, 0.3) is 0 Å². The van der Waals surface area contributed by atoms with E-state index in [4.69, 9.17) is 0 Å². The first kappa shape index (κ1) is 13.7. The molecule has 1 N–H and O–H groups in total. The fourth-order valence-electron chi connectivity index (χ4n) is 4.51. The maximum Gasteiger partial charge on any atom is 0.325 e. The third-order valence-corrected chi connectivity index (χ3v) is 6.50. The lowest BCUT2D eigenvalue weighted by atomic mass is 9.91. The number of carboxylic acid groups (broad SMARTS) is 1. The predicted molar refractivity (Wildman–Crippen MR) is 82.7 cm³/mol. The summed E-state index contributed by atoms with van der Waals surface area (Å²) in [6, 6.07) is 2.74. The van der Waals surface area contributed by atoms with Gasteiger partial charge in [0.05, 0.1) is 0 Å². The predicted octanol–water partition coefficient (Wildman–Crippen LogP) is 2.36. The summed E-state index contributed by atoms with van der Waals surface area (Å²) in [5.41, 5.74) is 1.05. The van der Waals surface area contributed by atoms with Gasteiger partial charge in [-0.2, -0.15) is 0 Å². The monoisotopic (exact) mass is 306 g/mol. The van der Waals surface area contributed by atoms with Gasteiger partial charge in [0, 0.05) is 23.5 Å². The molecule has 3 unspecified atom stereocenters. The van der Waals surface area contributed by atoms with Gasteiger partial charge in [0.2, 0.25) is 0 Å². The molecule has 0 aliphatic carbocycles. The summed E-state index contributed by atoms with van der Waals surface area (Å²) in [6.45, 7) is 3.30.